The third-order valence-corrected chi connectivity index (χ3v) is 3.32. The van der Waals surface area contributed by atoms with Crippen LogP contribution in [0.3, 0.4) is 0 Å². The van der Waals surface area contributed by atoms with Crippen molar-refractivity contribution in [3.63, 3.8) is 0 Å². The number of ether oxygens (including phenoxy) is 1. The maximum Gasteiger partial charge on any atom is 0.213 e. The topological polar surface area (TPSA) is 34.1 Å². The average Bonchev–Trinajstić information content (AvgIpc) is 2.48. The number of hydrogen-bond donors (Lipinski definition) is 1. The van der Waals surface area contributed by atoms with Crippen LogP contribution in [0, 0.1) is 5.92 Å². The number of hydrogen-bond acceptors (Lipinski definition) is 3. The summed E-state index contributed by atoms with van der Waals surface area (Å²) in [5, 5.41) is 3.59. The van der Waals surface area contributed by atoms with Gasteiger partial charge in [-0.25, -0.2) is 4.98 Å². The first kappa shape index (κ1) is 14.5. The van der Waals surface area contributed by atoms with Gasteiger partial charge in [-0.05, 0) is 17.5 Å². The van der Waals surface area contributed by atoms with Crippen LogP contribution in [0.1, 0.15) is 31.1 Å². The lowest BCUT2D eigenvalue weighted by atomic mass is 9.96. The molecule has 3 nitrogen and oxygen atoms in total. The van der Waals surface area contributed by atoms with Crippen LogP contribution >= 0.6 is 0 Å². The van der Waals surface area contributed by atoms with Gasteiger partial charge in [0.2, 0.25) is 5.88 Å². The zero-order valence-electron chi connectivity index (χ0n) is 12.3. The Morgan fingerprint density at radius 1 is 1.05 bits per heavy atom. The third-order valence-electron chi connectivity index (χ3n) is 3.32. The second-order valence-corrected chi connectivity index (χ2v) is 5.18. The lowest BCUT2D eigenvalue weighted by Gasteiger charge is -2.23. The van der Waals surface area contributed by atoms with Crippen LogP contribution in [0.15, 0.2) is 48.5 Å². The van der Waals surface area contributed by atoms with E-state index in [4.69, 9.17) is 4.74 Å². The van der Waals surface area contributed by atoms with Crippen molar-refractivity contribution in [3.05, 3.63) is 59.8 Å². The molecule has 0 fully saturated rings. The van der Waals surface area contributed by atoms with Gasteiger partial charge < -0.3 is 10.1 Å². The van der Waals surface area contributed by atoms with Gasteiger partial charge in [-0.3, -0.25) is 0 Å². The fourth-order valence-electron chi connectivity index (χ4n) is 2.28. The molecule has 0 aliphatic carbocycles. The molecule has 0 spiro atoms. The molecule has 0 bridgehead atoms. The van der Waals surface area contributed by atoms with Gasteiger partial charge in [0.25, 0.3) is 0 Å². The standard InChI is InChI=1S/C17H22N2O/c1-13(2)17(14-8-5-4-6-9-14)18-12-15-10-7-11-16(19-15)20-3/h4-11,13,17-18H,12H2,1-3H3. The molecule has 20 heavy (non-hydrogen) atoms. The van der Waals surface area contributed by atoms with Gasteiger partial charge in [-0.1, -0.05) is 50.2 Å². The highest BCUT2D eigenvalue weighted by Gasteiger charge is 2.14. The molecule has 1 aromatic carbocycles. The van der Waals surface area contributed by atoms with Crippen molar-refractivity contribution < 1.29 is 4.74 Å². The van der Waals surface area contributed by atoms with E-state index in [0.717, 1.165) is 12.2 Å². The summed E-state index contributed by atoms with van der Waals surface area (Å²) in [6, 6.07) is 16.7. The van der Waals surface area contributed by atoms with Crippen LogP contribution in [-0.4, -0.2) is 12.1 Å². The van der Waals surface area contributed by atoms with E-state index in [1.807, 2.05) is 24.3 Å². The number of methoxy groups -OCH3 is 1. The van der Waals surface area contributed by atoms with Crippen molar-refractivity contribution >= 4 is 0 Å². The van der Waals surface area contributed by atoms with Gasteiger partial charge in [0.05, 0.1) is 12.8 Å². The molecule has 1 unspecified atom stereocenters. The monoisotopic (exact) mass is 270 g/mol. The van der Waals surface area contributed by atoms with Crippen LogP contribution < -0.4 is 10.1 Å². The van der Waals surface area contributed by atoms with E-state index < -0.39 is 0 Å². The molecular weight excluding hydrogens is 248 g/mol. The maximum atomic E-state index is 5.15. The zero-order chi connectivity index (χ0) is 14.4. The molecule has 0 aliphatic heterocycles. The highest BCUT2D eigenvalue weighted by Crippen LogP contribution is 2.21. The summed E-state index contributed by atoms with van der Waals surface area (Å²) in [5.74, 6) is 1.17. The summed E-state index contributed by atoms with van der Waals surface area (Å²) in [4.78, 5) is 4.43. The first-order valence-electron chi connectivity index (χ1n) is 6.99. The number of rotatable bonds is 6. The Kier molecular flexibility index (Phi) is 5.13. The fourth-order valence-corrected chi connectivity index (χ4v) is 2.28. The molecule has 0 amide bonds. The van der Waals surface area contributed by atoms with E-state index in [2.05, 4.69) is 48.4 Å². The van der Waals surface area contributed by atoms with Crippen molar-refractivity contribution in [1.29, 1.82) is 0 Å². The Morgan fingerprint density at radius 3 is 2.45 bits per heavy atom. The van der Waals surface area contributed by atoms with Gasteiger partial charge in [0.1, 0.15) is 0 Å². The summed E-state index contributed by atoms with van der Waals surface area (Å²) < 4.78 is 5.15. The largest absolute Gasteiger partial charge is 0.481 e. The number of aromatic nitrogens is 1. The molecule has 1 heterocycles. The maximum absolute atomic E-state index is 5.15. The molecule has 2 rings (SSSR count). The van der Waals surface area contributed by atoms with E-state index >= 15 is 0 Å². The number of pyridine rings is 1. The van der Waals surface area contributed by atoms with Crippen LogP contribution in [0.25, 0.3) is 0 Å². The predicted octanol–water partition coefficient (Wildman–Crippen LogP) is 3.58. The predicted molar refractivity (Wildman–Crippen MR) is 81.6 cm³/mol. The van der Waals surface area contributed by atoms with E-state index in [0.29, 0.717) is 17.8 Å². The first-order valence-corrected chi connectivity index (χ1v) is 6.99. The molecule has 2 aromatic rings. The second-order valence-electron chi connectivity index (χ2n) is 5.18. The quantitative estimate of drug-likeness (QED) is 0.871. The van der Waals surface area contributed by atoms with Crippen molar-refractivity contribution in [3.8, 4) is 5.88 Å². The molecule has 1 N–H and O–H groups in total. The lowest BCUT2D eigenvalue weighted by molar-refractivity contribution is 0.388. The summed E-state index contributed by atoms with van der Waals surface area (Å²) in [5.41, 5.74) is 2.30. The minimum atomic E-state index is 0.323. The second kappa shape index (κ2) is 7.06. The SMILES string of the molecule is COc1cccc(CNC(c2ccccc2)C(C)C)n1. The highest BCUT2D eigenvalue weighted by molar-refractivity contribution is 5.20. The Balaban J connectivity index is 2.06. The molecule has 3 heteroatoms. The Hall–Kier alpha value is -1.87. The van der Waals surface area contributed by atoms with Crippen molar-refractivity contribution in [2.24, 2.45) is 5.92 Å². The molecule has 1 aromatic heterocycles. The normalized spacial score (nSPS) is 12.4. The van der Waals surface area contributed by atoms with Crippen molar-refractivity contribution in [2.75, 3.05) is 7.11 Å². The lowest BCUT2D eigenvalue weighted by Crippen LogP contribution is -2.25. The van der Waals surface area contributed by atoms with Gasteiger partial charge >= 0.3 is 0 Å². The van der Waals surface area contributed by atoms with Gasteiger partial charge in [-0.15, -0.1) is 0 Å². The summed E-state index contributed by atoms with van der Waals surface area (Å²) in [6.45, 7) is 5.18. The molecule has 0 radical (unpaired) electrons. The summed E-state index contributed by atoms with van der Waals surface area (Å²) in [6.07, 6.45) is 0. The van der Waals surface area contributed by atoms with E-state index in [-0.39, 0.29) is 0 Å². The van der Waals surface area contributed by atoms with Gasteiger partial charge in [0, 0.05) is 18.7 Å². The Labute approximate surface area is 121 Å². The summed E-state index contributed by atoms with van der Waals surface area (Å²) in [7, 11) is 1.64. The van der Waals surface area contributed by atoms with Crippen LogP contribution in [0.4, 0.5) is 0 Å². The number of benzene rings is 1. The molecular formula is C17H22N2O. The van der Waals surface area contributed by atoms with E-state index in [1.54, 1.807) is 7.11 Å². The average molecular weight is 270 g/mol. The van der Waals surface area contributed by atoms with E-state index in [9.17, 15) is 0 Å². The molecule has 0 saturated carbocycles. The Bertz CT molecular complexity index is 526. The minimum Gasteiger partial charge on any atom is -0.481 e. The summed E-state index contributed by atoms with van der Waals surface area (Å²) >= 11 is 0. The molecule has 1 atom stereocenters. The molecule has 106 valence electrons. The van der Waals surface area contributed by atoms with Gasteiger partial charge in [0.15, 0.2) is 0 Å². The Morgan fingerprint density at radius 2 is 1.80 bits per heavy atom. The third kappa shape index (κ3) is 3.81. The first-order chi connectivity index (χ1) is 9.70. The smallest absolute Gasteiger partial charge is 0.213 e. The number of nitrogens with zero attached hydrogens (tertiary/aromatic N) is 1. The van der Waals surface area contributed by atoms with Crippen LogP contribution in [0.2, 0.25) is 0 Å². The number of nitrogens with one attached hydrogen (secondary N) is 1. The molecule has 0 saturated heterocycles. The van der Waals surface area contributed by atoms with Gasteiger partial charge in [-0.2, -0.15) is 0 Å². The molecule has 0 aliphatic rings. The zero-order valence-corrected chi connectivity index (χ0v) is 12.3. The van der Waals surface area contributed by atoms with Crippen molar-refractivity contribution in [1.82, 2.24) is 10.3 Å². The fraction of sp³-hybridized carbons (Fsp3) is 0.353. The minimum absolute atomic E-state index is 0.323. The van der Waals surface area contributed by atoms with Crippen molar-refractivity contribution in [2.45, 2.75) is 26.4 Å². The van der Waals surface area contributed by atoms with Crippen LogP contribution in [-0.2, 0) is 6.54 Å². The van der Waals surface area contributed by atoms with E-state index in [1.165, 1.54) is 5.56 Å². The van der Waals surface area contributed by atoms with Crippen LogP contribution in [0.5, 0.6) is 5.88 Å². The highest BCUT2D eigenvalue weighted by atomic mass is 16.5.